The second-order valence-electron chi connectivity index (χ2n) is 3.52. The maximum absolute atomic E-state index is 4.12. The molecule has 1 heterocycles. The van der Waals surface area contributed by atoms with Gasteiger partial charge in [0.15, 0.2) is 5.82 Å². The van der Waals surface area contributed by atoms with Crippen LogP contribution in [-0.4, -0.2) is 28.6 Å². The Morgan fingerprint density at radius 2 is 2.14 bits per heavy atom. The molecule has 0 saturated heterocycles. The molecule has 0 aliphatic heterocycles. The quantitative estimate of drug-likeness (QED) is 0.776. The Morgan fingerprint density at radius 1 is 1.43 bits per heavy atom. The van der Waals surface area contributed by atoms with Gasteiger partial charge < -0.3 is 4.90 Å². The number of nitrogens with zero attached hydrogens (tertiary/aromatic N) is 3. The summed E-state index contributed by atoms with van der Waals surface area (Å²) < 4.78 is 0. The summed E-state index contributed by atoms with van der Waals surface area (Å²) in [5.74, 6) is 0.934. The summed E-state index contributed by atoms with van der Waals surface area (Å²) in [6.45, 7) is 5.08. The summed E-state index contributed by atoms with van der Waals surface area (Å²) in [6, 6.07) is 3.98. The summed E-state index contributed by atoms with van der Waals surface area (Å²) >= 11 is 3.52. The van der Waals surface area contributed by atoms with E-state index < -0.39 is 0 Å². The van der Waals surface area contributed by atoms with Crippen molar-refractivity contribution in [1.29, 1.82) is 0 Å². The normalized spacial score (nSPS) is 12.6. The number of aryl methyl sites for hydroxylation is 1. The van der Waals surface area contributed by atoms with Gasteiger partial charge in [-0.1, -0.05) is 22.9 Å². The molecule has 0 N–H and O–H groups in total. The Bertz CT molecular complexity index is 271. The van der Waals surface area contributed by atoms with Crippen LogP contribution in [0, 0.1) is 6.92 Å². The van der Waals surface area contributed by atoms with Crippen LogP contribution in [0.15, 0.2) is 12.1 Å². The number of alkyl halides is 1. The number of aromatic nitrogens is 2. The first kappa shape index (κ1) is 11.4. The monoisotopic (exact) mass is 257 g/mol. The van der Waals surface area contributed by atoms with Gasteiger partial charge >= 0.3 is 0 Å². The first-order valence-electron chi connectivity index (χ1n) is 4.75. The van der Waals surface area contributed by atoms with Crippen LogP contribution in [-0.2, 0) is 0 Å². The number of hydrogen-bond donors (Lipinski definition) is 0. The summed E-state index contributed by atoms with van der Waals surface area (Å²) in [5, 5.41) is 8.14. The van der Waals surface area contributed by atoms with Crippen LogP contribution in [0.1, 0.15) is 19.0 Å². The first-order valence-corrected chi connectivity index (χ1v) is 5.66. The molecule has 1 aromatic heterocycles. The van der Waals surface area contributed by atoms with Gasteiger partial charge in [-0.2, -0.15) is 5.10 Å². The average Bonchev–Trinajstić information content (AvgIpc) is 2.15. The van der Waals surface area contributed by atoms with E-state index in [4.69, 9.17) is 0 Å². The lowest BCUT2D eigenvalue weighted by atomic mass is 10.3. The largest absolute Gasteiger partial charge is 0.358 e. The molecule has 0 radical (unpaired) electrons. The van der Waals surface area contributed by atoms with Crippen molar-refractivity contribution in [3.05, 3.63) is 17.8 Å². The highest BCUT2D eigenvalue weighted by Crippen LogP contribution is 2.10. The molecule has 78 valence electrons. The molecule has 1 unspecified atom stereocenters. The van der Waals surface area contributed by atoms with E-state index in [1.54, 1.807) is 0 Å². The topological polar surface area (TPSA) is 29.0 Å². The summed E-state index contributed by atoms with van der Waals surface area (Å²) in [7, 11) is 2.04. The summed E-state index contributed by atoms with van der Waals surface area (Å²) in [6.07, 6.45) is 1.10. The Balaban J connectivity index is 2.52. The third kappa shape index (κ3) is 3.62. The molecule has 3 nitrogen and oxygen atoms in total. The molecule has 4 heteroatoms. The molecule has 0 aliphatic carbocycles. The molecule has 0 aliphatic rings. The van der Waals surface area contributed by atoms with E-state index in [1.807, 2.05) is 26.1 Å². The van der Waals surface area contributed by atoms with E-state index in [-0.39, 0.29) is 0 Å². The van der Waals surface area contributed by atoms with Crippen LogP contribution < -0.4 is 4.90 Å². The Kier molecular flexibility index (Phi) is 4.32. The molecular formula is C10H16BrN3. The van der Waals surface area contributed by atoms with Crippen LogP contribution in [0.2, 0.25) is 0 Å². The van der Waals surface area contributed by atoms with Gasteiger partial charge in [0.1, 0.15) is 0 Å². The highest BCUT2D eigenvalue weighted by Gasteiger charge is 2.04. The molecule has 0 saturated carbocycles. The third-order valence-electron chi connectivity index (χ3n) is 2.04. The fourth-order valence-corrected chi connectivity index (χ4v) is 1.29. The SMILES string of the molecule is Cc1ccc(N(C)CCC(C)Br)nn1. The van der Waals surface area contributed by atoms with E-state index >= 15 is 0 Å². The predicted molar refractivity (Wildman–Crippen MR) is 63.0 cm³/mol. The molecule has 0 aromatic carbocycles. The lowest BCUT2D eigenvalue weighted by molar-refractivity contribution is 0.768. The molecule has 0 amide bonds. The maximum atomic E-state index is 4.12. The van der Waals surface area contributed by atoms with Gasteiger partial charge in [0.05, 0.1) is 5.69 Å². The Morgan fingerprint density at radius 3 is 2.64 bits per heavy atom. The number of halogens is 1. The Labute approximate surface area is 93.7 Å². The zero-order chi connectivity index (χ0) is 10.6. The second-order valence-corrected chi connectivity index (χ2v) is 5.09. The fourth-order valence-electron chi connectivity index (χ4n) is 1.08. The van der Waals surface area contributed by atoms with Crippen molar-refractivity contribution in [1.82, 2.24) is 10.2 Å². The van der Waals surface area contributed by atoms with Crippen LogP contribution in [0.3, 0.4) is 0 Å². The van der Waals surface area contributed by atoms with Crippen LogP contribution in [0.4, 0.5) is 5.82 Å². The van der Waals surface area contributed by atoms with Crippen LogP contribution in [0.5, 0.6) is 0 Å². The van der Waals surface area contributed by atoms with E-state index in [0.717, 1.165) is 24.5 Å². The minimum absolute atomic E-state index is 0.545. The lowest BCUT2D eigenvalue weighted by Crippen LogP contribution is -2.21. The minimum Gasteiger partial charge on any atom is -0.358 e. The van der Waals surface area contributed by atoms with Gasteiger partial charge in [0, 0.05) is 18.4 Å². The van der Waals surface area contributed by atoms with Gasteiger partial charge in [0.25, 0.3) is 0 Å². The van der Waals surface area contributed by atoms with Crippen molar-refractivity contribution in [2.45, 2.75) is 25.1 Å². The van der Waals surface area contributed by atoms with E-state index in [2.05, 4.69) is 38.0 Å². The number of rotatable bonds is 4. The van der Waals surface area contributed by atoms with E-state index in [1.165, 1.54) is 0 Å². The van der Waals surface area contributed by atoms with Crippen molar-refractivity contribution in [2.75, 3.05) is 18.5 Å². The molecule has 1 rings (SSSR count). The van der Waals surface area contributed by atoms with Crippen molar-refractivity contribution in [3.63, 3.8) is 0 Å². The van der Waals surface area contributed by atoms with Crippen LogP contribution in [0.25, 0.3) is 0 Å². The summed E-state index contributed by atoms with van der Waals surface area (Å²) in [4.78, 5) is 2.66. The summed E-state index contributed by atoms with van der Waals surface area (Å²) in [5.41, 5.74) is 0.955. The molecule has 0 fully saturated rings. The molecule has 0 bridgehead atoms. The second kappa shape index (κ2) is 5.29. The third-order valence-corrected chi connectivity index (χ3v) is 2.50. The number of hydrogen-bond acceptors (Lipinski definition) is 3. The maximum Gasteiger partial charge on any atom is 0.150 e. The highest BCUT2D eigenvalue weighted by molar-refractivity contribution is 9.09. The van der Waals surface area contributed by atoms with Crippen LogP contribution >= 0.6 is 15.9 Å². The molecular weight excluding hydrogens is 242 g/mol. The fraction of sp³-hybridized carbons (Fsp3) is 0.600. The zero-order valence-electron chi connectivity index (χ0n) is 8.87. The van der Waals surface area contributed by atoms with Gasteiger partial charge in [-0.3, -0.25) is 0 Å². The smallest absolute Gasteiger partial charge is 0.150 e. The van der Waals surface area contributed by atoms with Crippen molar-refractivity contribution in [2.24, 2.45) is 0 Å². The van der Waals surface area contributed by atoms with Gasteiger partial charge in [-0.05, 0) is 25.5 Å². The molecule has 1 aromatic rings. The number of anilines is 1. The Hall–Kier alpha value is -0.640. The molecule has 1 atom stereocenters. The van der Waals surface area contributed by atoms with Gasteiger partial charge in [-0.15, -0.1) is 5.10 Å². The minimum atomic E-state index is 0.545. The first-order chi connectivity index (χ1) is 6.59. The van der Waals surface area contributed by atoms with Crippen molar-refractivity contribution >= 4 is 21.7 Å². The van der Waals surface area contributed by atoms with E-state index in [0.29, 0.717) is 4.83 Å². The zero-order valence-corrected chi connectivity index (χ0v) is 10.5. The molecule has 14 heavy (non-hydrogen) atoms. The van der Waals surface area contributed by atoms with Gasteiger partial charge in [0.2, 0.25) is 0 Å². The lowest BCUT2D eigenvalue weighted by Gasteiger charge is -2.17. The highest BCUT2D eigenvalue weighted by atomic mass is 79.9. The predicted octanol–water partition coefficient (Wildman–Crippen LogP) is 2.39. The standard InChI is InChI=1S/C10H16BrN3/c1-8(11)6-7-14(3)10-5-4-9(2)12-13-10/h4-5,8H,6-7H2,1-3H3. The van der Waals surface area contributed by atoms with Crippen molar-refractivity contribution in [3.8, 4) is 0 Å². The average molecular weight is 258 g/mol. The van der Waals surface area contributed by atoms with Crippen molar-refractivity contribution < 1.29 is 0 Å². The van der Waals surface area contributed by atoms with E-state index in [9.17, 15) is 0 Å². The van der Waals surface area contributed by atoms with Gasteiger partial charge in [-0.25, -0.2) is 0 Å². The molecule has 0 spiro atoms.